The van der Waals surface area contributed by atoms with Crippen LogP contribution in [0.15, 0.2) is 90.6 Å². The summed E-state index contributed by atoms with van der Waals surface area (Å²) in [6, 6.07) is 13.1. The van der Waals surface area contributed by atoms with Gasteiger partial charge >= 0.3 is 30.5 Å². The molecule has 0 saturated carbocycles. The van der Waals surface area contributed by atoms with Crippen LogP contribution in [0.3, 0.4) is 0 Å². The molecule has 0 radical (unpaired) electrons. The van der Waals surface area contributed by atoms with Crippen molar-refractivity contribution in [1.82, 2.24) is 0 Å². The van der Waals surface area contributed by atoms with Crippen molar-refractivity contribution in [1.29, 1.82) is 0 Å². The number of carbonyl (C=O) groups is 1. The Hall–Kier alpha value is -2.96. The van der Waals surface area contributed by atoms with Crippen molar-refractivity contribution in [3.63, 3.8) is 0 Å². The van der Waals surface area contributed by atoms with Crippen LogP contribution in [0, 0.1) is 0 Å². The molecule has 144 valence electrons. The molecule has 0 spiro atoms. The van der Waals surface area contributed by atoms with Gasteiger partial charge in [-0.3, -0.25) is 0 Å². The zero-order valence-corrected chi connectivity index (χ0v) is 15.5. The molecule has 0 atom stereocenters. The minimum absolute atomic E-state index is 0. The van der Waals surface area contributed by atoms with Gasteiger partial charge in [0.1, 0.15) is 5.75 Å². The van der Waals surface area contributed by atoms with Crippen molar-refractivity contribution in [2.24, 2.45) is 0 Å². The Balaban J connectivity index is 0.000000567. The fourth-order valence-corrected chi connectivity index (χ4v) is 2.14. The molecular formula is C20H15BF2FeO4. The van der Waals surface area contributed by atoms with E-state index in [2.05, 4.69) is 4.65 Å². The molecule has 4 nitrogen and oxygen atoms in total. The largest absolute Gasteiger partial charge is 2.00 e. The zero-order valence-electron chi connectivity index (χ0n) is 14.4. The number of hydrogen-bond acceptors (Lipinski definition) is 3. The summed E-state index contributed by atoms with van der Waals surface area (Å²) in [6.45, 7) is 0. The molecule has 2 aromatic rings. The van der Waals surface area contributed by atoms with E-state index >= 15 is 0 Å². The van der Waals surface area contributed by atoms with Gasteiger partial charge < -0.3 is 14.9 Å². The molecule has 0 saturated heterocycles. The van der Waals surface area contributed by atoms with Gasteiger partial charge in [-0.15, -0.1) is 0 Å². The van der Waals surface area contributed by atoms with Crippen LogP contribution in [0.25, 0.3) is 5.76 Å². The van der Waals surface area contributed by atoms with Gasteiger partial charge in [0, 0.05) is 5.56 Å². The van der Waals surface area contributed by atoms with Crippen molar-refractivity contribution in [2.45, 2.75) is 0 Å². The summed E-state index contributed by atoms with van der Waals surface area (Å²) in [5.41, 5.74) is 0.341. The normalized spacial score (nSPS) is 11.9. The Kier molecular flexibility index (Phi) is 9.64. The van der Waals surface area contributed by atoms with E-state index in [0.29, 0.717) is 0 Å². The number of benzene rings is 1. The molecule has 0 amide bonds. The molecule has 0 unspecified atom stereocenters. The summed E-state index contributed by atoms with van der Waals surface area (Å²) < 4.78 is 29.0. The Morgan fingerprint density at radius 2 is 1.82 bits per heavy atom. The molecule has 3 rings (SSSR count). The monoisotopic (exact) mass is 424 g/mol. The van der Waals surface area contributed by atoms with E-state index in [9.17, 15) is 18.5 Å². The summed E-state index contributed by atoms with van der Waals surface area (Å²) >= 11 is 0. The first kappa shape index (κ1) is 23.1. The van der Waals surface area contributed by atoms with Crippen molar-refractivity contribution < 1.29 is 45.4 Å². The number of allylic oxidation sites excluding steroid dienone is 7. The summed E-state index contributed by atoms with van der Waals surface area (Å²) in [4.78, 5) is 10.9. The maximum atomic E-state index is 12.4. The SMILES string of the molecule is O=C(O)c1ccc(OB(F)F)c(C([O-])=CC=C2C=CC=C2)c1.[Fe+2].c1cc[cH-]c1. The molecule has 8 heteroatoms. The second kappa shape index (κ2) is 11.7. The zero-order chi connectivity index (χ0) is 19.6. The van der Waals surface area contributed by atoms with E-state index in [0.717, 1.165) is 23.8 Å². The fraction of sp³-hybridized carbons (Fsp3) is 0. The van der Waals surface area contributed by atoms with Crippen LogP contribution in [0.5, 0.6) is 5.75 Å². The van der Waals surface area contributed by atoms with E-state index in [-0.39, 0.29) is 33.9 Å². The van der Waals surface area contributed by atoms with Crippen LogP contribution in [-0.4, -0.2) is 18.5 Å². The van der Waals surface area contributed by atoms with Gasteiger partial charge in [0.2, 0.25) is 0 Å². The van der Waals surface area contributed by atoms with Gasteiger partial charge in [0.25, 0.3) is 0 Å². The van der Waals surface area contributed by atoms with Crippen molar-refractivity contribution >= 4 is 19.2 Å². The average Bonchev–Trinajstić information content (AvgIpc) is 3.35. The van der Waals surface area contributed by atoms with Gasteiger partial charge in [-0.25, -0.2) is 25.6 Å². The second-order valence-corrected chi connectivity index (χ2v) is 5.27. The quantitative estimate of drug-likeness (QED) is 0.450. The maximum absolute atomic E-state index is 12.4. The summed E-state index contributed by atoms with van der Waals surface area (Å²) in [6.07, 6.45) is 9.75. The predicted molar refractivity (Wildman–Crippen MR) is 98.4 cm³/mol. The molecule has 0 bridgehead atoms. The number of carboxylic acid groups (broad SMARTS) is 1. The van der Waals surface area contributed by atoms with Crippen molar-refractivity contribution in [3.8, 4) is 5.75 Å². The number of halogens is 2. The molecule has 0 fully saturated rings. The van der Waals surface area contributed by atoms with Crippen molar-refractivity contribution in [2.75, 3.05) is 0 Å². The van der Waals surface area contributed by atoms with Crippen LogP contribution >= 0.6 is 0 Å². The third-order valence-electron chi connectivity index (χ3n) is 3.38. The van der Waals surface area contributed by atoms with Crippen LogP contribution in [0.1, 0.15) is 15.9 Å². The van der Waals surface area contributed by atoms with Gasteiger partial charge in [-0.1, -0.05) is 42.2 Å². The van der Waals surface area contributed by atoms with E-state index in [1.54, 1.807) is 24.3 Å². The Labute approximate surface area is 172 Å². The molecule has 0 aliphatic heterocycles. The number of carboxylic acids is 1. The number of hydrogen-bond donors (Lipinski definition) is 1. The Morgan fingerprint density at radius 3 is 2.32 bits per heavy atom. The van der Waals surface area contributed by atoms with Crippen molar-refractivity contribution in [3.05, 3.63) is 102 Å². The fourth-order valence-electron chi connectivity index (χ4n) is 2.14. The van der Waals surface area contributed by atoms with E-state index < -0.39 is 19.2 Å². The van der Waals surface area contributed by atoms with Gasteiger partial charge in [-0.2, -0.15) is 18.2 Å². The predicted octanol–water partition coefficient (Wildman–Crippen LogP) is 3.84. The first-order valence-corrected chi connectivity index (χ1v) is 7.90. The van der Waals surface area contributed by atoms with E-state index in [1.807, 2.05) is 30.3 Å². The molecule has 1 N–H and O–H groups in total. The first-order chi connectivity index (χ1) is 13.0. The summed E-state index contributed by atoms with van der Waals surface area (Å²) in [5, 5.41) is 21.0. The van der Waals surface area contributed by atoms with Gasteiger partial charge in [0.05, 0.1) is 5.56 Å². The number of rotatable bonds is 5. The topological polar surface area (TPSA) is 69.6 Å². The Morgan fingerprint density at radius 1 is 1.18 bits per heavy atom. The smallest absolute Gasteiger partial charge is 0.872 e. The van der Waals surface area contributed by atoms with E-state index in [1.165, 1.54) is 12.2 Å². The molecule has 2 aromatic carbocycles. The molecular weight excluding hydrogens is 409 g/mol. The molecule has 1 aliphatic rings. The first-order valence-electron chi connectivity index (χ1n) is 7.90. The Bertz CT molecular complexity index is 856. The molecule has 0 aromatic heterocycles. The average molecular weight is 424 g/mol. The van der Waals surface area contributed by atoms with Gasteiger partial charge in [0.15, 0.2) is 0 Å². The number of aromatic carboxylic acids is 1. The molecule has 0 heterocycles. The van der Waals surface area contributed by atoms with Crippen LogP contribution in [0.4, 0.5) is 8.63 Å². The standard InChI is InChI=1S/C15H11BF2O4.C5H5.Fe/c17-16(18)22-14-8-6-11(15(20)21)9-12(14)13(19)7-5-10-3-1-2-4-10;1-2-4-5-3-1;/h1-9,19H,(H,20,21);1-5H;/q;-1;+2/p-1. The second-order valence-electron chi connectivity index (χ2n) is 5.27. The van der Waals surface area contributed by atoms with Gasteiger partial charge in [-0.05, 0) is 23.8 Å². The molecule has 1 aliphatic carbocycles. The minimum atomic E-state index is -3.11. The summed E-state index contributed by atoms with van der Waals surface area (Å²) in [7, 11) is -3.11. The maximum Gasteiger partial charge on any atom is 2.00 e. The third kappa shape index (κ3) is 7.35. The van der Waals surface area contributed by atoms with Crippen LogP contribution in [0.2, 0.25) is 0 Å². The summed E-state index contributed by atoms with van der Waals surface area (Å²) in [5.74, 6) is -2.25. The van der Waals surface area contributed by atoms with Crippen LogP contribution in [-0.2, 0) is 17.1 Å². The van der Waals surface area contributed by atoms with E-state index in [4.69, 9.17) is 5.11 Å². The minimum Gasteiger partial charge on any atom is -0.872 e. The third-order valence-corrected chi connectivity index (χ3v) is 3.38. The molecule has 28 heavy (non-hydrogen) atoms. The van der Waals surface area contributed by atoms with Crippen LogP contribution < -0.4 is 9.76 Å².